The first-order valence-corrected chi connectivity index (χ1v) is 17.1. The molecule has 1 aromatic heterocycles. The Bertz CT molecular complexity index is 1600. The molecule has 43 heavy (non-hydrogen) atoms. The molecule has 5 rings (SSSR count). The third kappa shape index (κ3) is 7.25. The van der Waals surface area contributed by atoms with Crippen LogP contribution in [0.15, 0.2) is 63.8 Å². The smallest absolute Gasteiger partial charge is 0.342 e. The lowest BCUT2D eigenvalue weighted by Gasteiger charge is -2.26. The number of rotatable bonds is 9. The van der Waals surface area contributed by atoms with Gasteiger partial charge in [-0.1, -0.05) is 37.3 Å². The molecule has 0 bridgehead atoms. The molecule has 2 aromatic carbocycles. The van der Waals surface area contributed by atoms with E-state index >= 15 is 0 Å². The van der Waals surface area contributed by atoms with E-state index in [-0.39, 0.29) is 35.8 Å². The summed E-state index contributed by atoms with van der Waals surface area (Å²) in [5.74, 6) is 0.919. The number of fused-ring (bicyclic) bond motifs is 2. The van der Waals surface area contributed by atoms with Crippen LogP contribution in [0, 0.1) is 0 Å². The van der Waals surface area contributed by atoms with E-state index in [1.165, 1.54) is 4.31 Å². The Morgan fingerprint density at radius 3 is 2.51 bits per heavy atom. The maximum atomic E-state index is 13.6. The summed E-state index contributed by atoms with van der Waals surface area (Å²) in [6.45, 7) is 5.38. The van der Waals surface area contributed by atoms with Crippen molar-refractivity contribution >= 4 is 56.8 Å². The van der Waals surface area contributed by atoms with Gasteiger partial charge in [0.15, 0.2) is 0 Å². The Morgan fingerprint density at radius 2 is 1.86 bits per heavy atom. The fourth-order valence-electron chi connectivity index (χ4n) is 5.50. The van der Waals surface area contributed by atoms with E-state index in [9.17, 15) is 18.0 Å². The van der Waals surface area contributed by atoms with E-state index < -0.39 is 15.4 Å². The average molecular weight is 643 g/mol. The number of thioether (sulfide) groups is 1. The second-order valence-electron chi connectivity index (χ2n) is 10.6. The molecule has 228 valence electrons. The molecule has 0 saturated carbocycles. The minimum atomic E-state index is -3.79. The highest BCUT2D eigenvalue weighted by Crippen LogP contribution is 2.47. The molecule has 10 nitrogen and oxygen atoms in total. The van der Waals surface area contributed by atoms with E-state index in [2.05, 4.69) is 11.9 Å². The molecule has 0 N–H and O–H groups in total. The number of likely N-dealkylation sites (tertiary alicyclic amines) is 1. The Labute approximate surface area is 260 Å². The van der Waals surface area contributed by atoms with Crippen LogP contribution in [-0.4, -0.2) is 73.0 Å². The number of benzene rings is 2. The van der Waals surface area contributed by atoms with Gasteiger partial charge in [0.25, 0.3) is 0 Å². The van der Waals surface area contributed by atoms with Gasteiger partial charge in [0.1, 0.15) is 5.01 Å². The molecule has 2 aliphatic heterocycles. The fraction of sp³-hybridized carbons (Fsp3) is 0.400. The maximum Gasteiger partial charge on any atom is 0.373 e. The van der Waals surface area contributed by atoms with Gasteiger partial charge >= 0.3 is 6.15 Å². The van der Waals surface area contributed by atoms with Gasteiger partial charge in [-0.3, -0.25) is 9.59 Å². The lowest BCUT2D eigenvalue weighted by Crippen LogP contribution is -2.40. The summed E-state index contributed by atoms with van der Waals surface area (Å²) in [4.78, 5) is 50.4. The van der Waals surface area contributed by atoms with Gasteiger partial charge in [-0.25, -0.2) is 13.4 Å². The molecule has 2 aliphatic rings. The number of sulfonamides is 1. The van der Waals surface area contributed by atoms with Gasteiger partial charge in [0, 0.05) is 51.3 Å². The average Bonchev–Trinajstić information content (AvgIpc) is 3.71. The normalized spacial score (nSPS) is 17.5. The minimum Gasteiger partial charge on any atom is -0.342 e. The number of anilines is 1. The van der Waals surface area contributed by atoms with Gasteiger partial charge < -0.3 is 9.80 Å². The number of aromatic nitrogens is 1. The summed E-state index contributed by atoms with van der Waals surface area (Å²) in [7, 11) is -2.21. The van der Waals surface area contributed by atoms with Gasteiger partial charge in [-0.15, -0.1) is 23.1 Å². The third-order valence-corrected chi connectivity index (χ3v) is 11.8. The zero-order chi connectivity index (χ0) is 31.2. The first kappa shape index (κ1) is 32.6. The standard InChI is InChI=1S/C29H34N4O4S3.CO2/c1-4-14-38-28-17-30-26(39-28)16-27(35)33-20-29(12-13-32(19-29)21(2)34)24-15-23(10-11-25(24)33)40(36,37)31(3)18-22-8-6-5-7-9-22;2-1-3/h5-11,15,17H,4,12-14,16,18-20H2,1-3H3;. The molecule has 1 atom stereocenters. The predicted octanol–water partition coefficient (Wildman–Crippen LogP) is 3.96. The highest BCUT2D eigenvalue weighted by Gasteiger charge is 2.49. The number of carbonyl (C=O) groups excluding carboxylic acids is 4. The molecule has 3 heterocycles. The van der Waals surface area contributed by atoms with Gasteiger partial charge in [-0.05, 0) is 47.9 Å². The van der Waals surface area contributed by atoms with Crippen molar-refractivity contribution in [3.8, 4) is 0 Å². The summed E-state index contributed by atoms with van der Waals surface area (Å²) < 4.78 is 29.7. The Balaban J connectivity index is 0.00000135. The molecule has 1 spiro atoms. The predicted molar refractivity (Wildman–Crippen MR) is 164 cm³/mol. The molecule has 1 saturated heterocycles. The number of amides is 2. The van der Waals surface area contributed by atoms with E-state index in [0.717, 1.165) is 38.2 Å². The number of hydrogen-bond acceptors (Lipinski definition) is 9. The first-order valence-electron chi connectivity index (χ1n) is 13.8. The fourth-order valence-corrected chi connectivity index (χ4v) is 8.63. The number of hydrogen-bond donors (Lipinski definition) is 0. The number of thiazole rings is 1. The van der Waals surface area contributed by atoms with Crippen molar-refractivity contribution in [2.75, 3.05) is 37.3 Å². The van der Waals surface area contributed by atoms with Crippen LogP contribution in [0.25, 0.3) is 0 Å². The molecule has 1 fully saturated rings. The van der Waals surface area contributed by atoms with Crippen LogP contribution in [0.2, 0.25) is 0 Å². The summed E-state index contributed by atoms with van der Waals surface area (Å²) in [5, 5.41) is 0.768. The van der Waals surface area contributed by atoms with Crippen molar-refractivity contribution in [3.63, 3.8) is 0 Å². The van der Waals surface area contributed by atoms with Crippen molar-refractivity contribution in [1.82, 2.24) is 14.2 Å². The molecular formula is C30H34N4O6S3. The van der Waals surface area contributed by atoms with Crippen LogP contribution in [0.1, 0.15) is 42.8 Å². The van der Waals surface area contributed by atoms with E-state index in [1.54, 1.807) is 65.1 Å². The molecule has 0 aliphatic carbocycles. The van der Waals surface area contributed by atoms with E-state index in [0.29, 0.717) is 26.1 Å². The zero-order valence-corrected chi connectivity index (χ0v) is 26.8. The molecular weight excluding hydrogens is 609 g/mol. The Kier molecular flexibility index (Phi) is 10.6. The number of nitrogens with zero attached hydrogens (tertiary/aromatic N) is 4. The van der Waals surface area contributed by atoms with Crippen molar-refractivity contribution in [3.05, 3.63) is 70.9 Å². The highest BCUT2D eigenvalue weighted by atomic mass is 32.2. The Hall–Kier alpha value is -3.35. The van der Waals surface area contributed by atoms with Gasteiger partial charge in [0.2, 0.25) is 21.8 Å². The van der Waals surface area contributed by atoms with Crippen molar-refractivity contribution < 1.29 is 27.6 Å². The van der Waals surface area contributed by atoms with Gasteiger partial charge in [-0.2, -0.15) is 13.9 Å². The lowest BCUT2D eigenvalue weighted by molar-refractivity contribution is -0.191. The SMILES string of the molecule is CCCSc1cnc(CC(=O)N2CC3(CCN(C(C)=O)C3)c3cc(S(=O)(=O)N(C)Cc4ccccc4)ccc32)s1.O=C=O. The molecule has 0 radical (unpaired) electrons. The summed E-state index contributed by atoms with van der Waals surface area (Å²) >= 11 is 3.29. The molecule has 1 unspecified atom stereocenters. The van der Waals surface area contributed by atoms with Crippen LogP contribution < -0.4 is 4.90 Å². The highest BCUT2D eigenvalue weighted by molar-refractivity contribution is 8.01. The van der Waals surface area contributed by atoms with Crippen molar-refractivity contribution in [2.24, 2.45) is 0 Å². The summed E-state index contributed by atoms with van der Waals surface area (Å²) in [5.41, 5.74) is 1.93. The Morgan fingerprint density at radius 1 is 1.14 bits per heavy atom. The second kappa shape index (κ2) is 14.0. The minimum absolute atomic E-state index is 0.0190. The quantitative estimate of drug-likeness (QED) is 0.321. The van der Waals surface area contributed by atoms with Crippen molar-refractivity contribution in [1.29, 1.82) is 0 Å². The van der Waals surface area contributed by atoms with E-state index in [1.807, 2.05) is 36.5 Å². The zero-order valence-electron chi connectivity index (χ0n) is 24.3. The number of carbonyl (C=O) groups is 2. The maximum absolute atomic E-state index is 13.6. The van der Waals surface area contributed by atoms with Gasteiger partial charge in [0.05, 0.1) is 21.7 Å². The lowest BCUT2D eigenvalue weighted by atomic mass is 9.81. The van der Waals surface area contributed by atoms with Crippen LogP contribution in [0.3, 0.4) is 0 Å². The van der Waals surface area contributed by atoms with Crippen LogP contribution in [0.5, 0.6) is 0 Å². The summed E-state index contributed by atoms with van der Waals surface area (Å²) in [6.07, 6.45) is 4.00. The first-order chi connectivity index (χ1) is 20.5. The topological polar surface area (TPSA) is 125 Å². The van der Waals surface area contributed by atoms with Crippen LogP contribution >= 0.6 is 23.1 Å². The van der Waals surface area contributed by atoms with E-state index in [4.69, 9.17) is 9.59 Å². The molecule has 2 amide bonds. The van der Waals surface area contributed by atoms with Crippen LogP contribution in [0.4, 0.5) is 5.69 Å². The van der Waals surface area contributed by atoms with Crippen molar-refractivity contribution in [2.45, 2.75) is 54.2 Å². The summed E-state index contributed by atoms with van der Waals surface area (Å²) in [6, 6.07) is 14.5. The van der Waals surface area contributed by atoms with Crippen LogP contribution in [-0.2, 0) is 47.6 Å². The molecule has 3 aromatic rings. The monoisotopic (exact) mass is 642 g/mol. The molecule has 13 heteroatoms. The second-order valence-corrected chi connectivity index (χ2v) is 15.1. The largest absolute Gasteiger partial charge is 0.373 e. The third-order valence-electron chi connectivity index (χ3n) is 7.63.